The maximum atomic E-state index is 9.25. The van der Waals surface area contributed by atoms with Crippen LogP contribution in [0.2, 0.25) is 0 Å². The Morgan fingerprint density at radius 3 is 2.10 bits per heavy atom. The van der Waals surface area contributed by atoms with Crippen molar-refractivity contribution in [3.63, 3.8) is 0 Å². The van der Waals surface area contributed by atoms with E-state index in [0.717, 1.165) is 6.42 Å². The summed E-state index contributed by atoms with van der Waals surface area (Å²) < 4.78 is 5.23. The largest absolute Gasteiger partial charge is 0.388 e. The van der Waals surface area contributed by atoms with Crippen molar-refractivity contribution in [1.82, 2.24) is 0 Å². The minimum absolute atomic E-state index is 0.176. The molecular weight excluding hydrogens is 132 g/mol. The molecular formula is C7H14O3. The van der Waals surface area contributed by atoms with Gasteiger partial charge < -0.3 is 14.9 Å². The number of ether oxygens (including phenoxy) is 1. The molecule has 10 heavy (non-hydrogen) atoms. The number of hydrogen-bond donors (Lipinski definition) is 2. The lowest BCUT2D eigenvalue weighted by molar-refractivity contribution is 0.0144. The second kappa shape index (κ2) is 2.86. The summed E-state index contributed by atoms with van der Waals surface area (Å²) in [5.74, 6) is 0. The molecule has 0 bridgehead atoms. The van der Waals surface area contributed by atoms with E-state index < -0.39 is 12.2 Å². The Hall–Kier alpha value is -0.120. The lowest BCUT2D eigenvalue weighted by Crippen LogP contribution is -2.31. The smallest absolute Gasteiger partial charge is 0.108 e. The average Bonchev–Trinajstić information content (AvgIpc) is 2.17. The molecule has 0 aromatic heterocycles. The van der Waals surface area contributed by atoms with Crippen LogP contribution in [0.3, 0.4) is 0 Å². The summed E-state index contributed by atoms with van der Waals surface area (Å²) >= 11 is 0. The van der Waals surface area contributed by atoms with E-state index in [9.17, 15) is 10.2 Å². The predicted octanol–water partition coefficient (Wildman–Crippen LogP) is -0.0945. The van der Waals surface area contributed by atoms with Crippen molar-refractivity contribution in [2.24, 2.45) is 0 Å². The Kier molecular flexibility index (Phi) is 2.28. The minimum atomic E-state index is -0.704. The van der Waals surface area contributed by atoms with E-state index in [2.05, 4.69) is 0 Å². The van der Waals surface area contributed by atoms with Crippen LogP contribution in [0.4, 0.5) is 0 Å². The molecule has 4 atom stereocenters. The maximum Gasteiger partial charge on any atom is 0.108 e. The Morgan fingerprint density at radius 2 is 1.90 bits per heavy atom. The van der Waals surface area contributed by atoms with Crippen LogP contribution >= 0.6 is 0 Å². The third kappa shape index (κ3) is 1.17. The first-order valence-corrected chi connectivity index (χ1v) is 3.68. The maximum absolute atomic E-state index is 9.25. The zero-order chi connectivity index (χ0) is 7.72. The summed E-state index contributed by atoms with van der Waals surface area (Å²) in [6.45, 7) is 3.70. The first-order valence-electron chi connectivity index (χ1n) is 3.68. The lowest BCUT2D eigenvalue weighted by Gasteiger charge is -2.10. The second-order valence-corrected chi connectivity index (χ2v) is 2.77. The van der Waals surface area contributed by atoms with Gasteiger partial charge >= 0.3 is 0 Å². The third-order valence-electron chi connectivity index (χ3n) is 2.00. The van der Waals surface area contributed by atoms with E-state index >= 15 is 0 Å². The van der Waals surface area contributed by atoms with Crippen LogP contribution in [0.1, 0.15) is 20.3 Å². The molecule has 0 saturated carbocycles. The highest BCUT2D eigenvalue weighted by atomic mass is 16.5. The van der Waals surface area contributed by atoms with Gasteiger partial charge in [0.15, 0.2) is 0 Å². The SMILES string of the molecule is CC[C@H]1OC(C)[C@@H](O)[C@@H]1O. The van der Waals surface area contributed by atoms with Gasteiger partial charge in [-0.1, -0.05) is 6.92 Å². The highest BCUT2D eigenvalue weighted by molar-refractivity contribution is 4.87. The number of aliphatic hydroxyl groups is 2. The highest BCUT2D eigenvalue weighted by Gasteiger charge is 2.38. The molecule has 0 aromatic carbocycles. The van der Waals surface area contributed by atoms with E-state index in [1.807, 2.05) is 6.92 Å². The quantitative estimate of drug-likeness (QED) is 0.543. The Balaban J connectivity index is 2.53. The third-order valence-corrected chi connectivity index (χ3v) is 2.00. The molecule has 0 spiro atoms. The van der Waals surface area contributed by atoms with Crippen LogP contribution in [-0.4, -0.2) is 34.6 Å². The molecule has 0 radical (unpaired) electrons. The van der Waals surface area contributed by atoms with Crippen molar-refractivity contribution in [2.75, 3.05) is 0 Å². The molecule has 1 rings (SSSR count). The van der Waals surface area contributed by atoms with Gasteiger partial charge in [0, 0.05) is 0 Å². The van der Waals surface area contributed by atoms with E-state index in [1.54, 1.807) is 6.92 Å². The van der Waals surface area contributed by atoms with Gasteiger partial charge in [0.1, 0.15) is 12.2 Å². The first-order chi connectivity index (χ1) is 4.66. The normalized spacial score (nSPS) is 48.0. The number of rotatable bonds is 1. The summed E-state index contributed by atoms with van der Waals surface area (Å²) in [7, 11) is 0. The Bertz CT molecular complexity index is 115. The standard InChI is InChI=1S/C7H14O3/c1-3-5-7(9)6(8)4(2)10-5/h4-9H,3H2,1-2H3/t4?,5-,6-,7-/m1/s1. The van der Waals surface area contributed by atoms with Crippen molar-refractivity contribution in [2.45, 2.75) is 44.7 Å². The summed E-state index contributed by atoms with van der Waals surface area (Å²) in [6.07, 6.45) is -1.04. The molecule has 3 nitrogen and oxygen atoms in total. The summed E-state index contributed by atoms with van der Waals surface area (Å²) in [6, 6.07) is 0. The van der Waals surface area contributed by atoms with Gasteiger partial charge in [-0.3, -0.25) is 0 Å². The van der Waals surface area contributed by atoms with Crippen LogP contribution in [0.25, 0.3) is 0 Å². The number of hydrogen-bond acceptors (Lipinski definition) is 3. The van der Waals surface area contributed by atoms with Crippen molar-refractivity contribution >= 4 is 0 Å². The van der Waals surface area contributed by atoms with Crippen molar-refractivity contribution in [3.05, 3.63) is 0 Å². The molecule has 2 N–H and O–H groups in total. The summed E-state index contributed by atoms with van der Waals surface area (Å²) in [5.41, 5.74) is 0. The molecule has 1 heterocycles. The van der Waals surface area contributed by atoms with Crippen LogP contribution in [0, 0.1) is 0 Å². The summed E-state index contributed by atoms with van der Waals surface area (Å²) in [5, 5.41) is 18.4. The van der Waals surface area contributed by atoms with Crippen molar-refractivity contribution < 1.29 is 14.9 Å². The molecule has 0 aromatic rings. The van der Waals surface area contributed by atoms with Gasteiger partial charge in [-0.05, 0) is 13.3 Å². The van der Waals surface area contributed by atoms with E-state index in [1.165, 1.54) is 0 Å². The predicted molar refractivity (Wildman–Crippen MR) is 36.6 cm³/mol. The monoisotopic (exact) mass is 146 g/mol. The van der Waals surface area contributed by atoms with E-state index in [0.29, 0.717) is 0 Å². The van der Waals surface area contributed by atoms with E-state index in [-0.39, 0.29) is 12.2 Å². The minimum Gasteiger partial charge on any atom is -0.388 e. The van der Waals surface area contributed by atoms with Gasteiger partial charge in [0.25, 0.3) is 0 Å². The molecule has 3 heteroatoms. The van der Waals surface area contributed by atoms with Gasteiger partial charge in [-0.2, -0.15) is 0 Å². The van der Waals surface area contributed by atoms with Gasteiger partial charge in [0.05, 0.1) is 12.2 Å². The fourth-order valence-corrected chi connectivity index (χ4v) is 1.27. The molecule has 0 amide bonds. The zero-order valence-corrected chi connectivity index (χ0v) is 6.32. The second-order valence-electron chi connectivity index (χ2n) is 2.77. The Labute approximate surface area is 60.6 Å². The highest BCUT2D eigenvalue weighted by Crippen LogP contribution is 2.22. The fraction of sp³-hybridized carbons (Fsp3) is 1.00. The topological polar surface area (TPSA) is 49.7 Å². The molecule has 1 fully saturated rings. The van der Waals surface area contributed by atoms with E-state index in [4.69, 9.17) is 4.74 Å². The Morgan fingerprint density at radius 1 is 1.30 bits per heavy atom. The molecule has 1 aliphatic heterocycles. The van der Waals surface area contributed by atoms with Gasteiger partial charge in [0.2, 0.25) is 0 Å². The molecule has 1 saturated heterocycles. The first kappa shape index (κ1) is 7.98. The van der Waals surface area contributed by atoms with Crippen LogP contribution in [0.15, 0.2) is 0 Å². The van der Waals surface area contributed by atoms with Crippen molar-refractivity contribution in [1.29, 1.82) is 0 Å². The molecule has 60 valence electrons. The lowest BCUT2D eigenvalue weighted by atomic mass is 10.1. The van der Waals surface area contributed by atoms with Crippen LogP contribution in [-0.2, 0) is 4.74 Å². The van der Waals surface area contributed by atoms with Crippen LogP contribution in [0.5, 0.6) is 0 Å². The zero-order valence-electron chi connectivity index (χ0n) is 6.32. The average molecular weight is 146 g/mol. The number of aliphatic hydroxyl groups excluding tert-OH is 2. The molecule has 0 aliphatic carbocycles. The fourth-order valence-electron chi connectivity index (χ4n) is 1.27. The molecule has 1 unspecified atom stereocenters. The van der Waals surface area contributed by atoms with Gasteiger partial charge in [-0.25, -0.2) is 0 Å². The van der Waals surface area contributed by atoms with Crippen molar-refractivity contribution in [3.8, 4) is 0 Å². The molecule has 1 aliphatic rings. The van der Waals surface area contributed by atoms with Gasteiger partial charge in [-0.15, -0.1) is 0 Å². The summed E-state index contributed by atoms with van der Waals surface area (Å²) in [4.78, 5) is 0. The van der Waals surface area contributed by atoms with Crippen LogP contribution < -0.4 is 0 Å².